The second-order valence-electron chi connectivity index (χ2n) is 7.56. The smallest absolute Gasteiger partial charge is 0.203 e. The second-order valence-corrected chi connectivity index (χ2v) is 8.00. The molecule has 1 aliphatic rings. The Kier molecular flexibility index (Phi) is 4.97. The number of hydrogen-bond acceptors (Lipinski definition) is 4. The van der Waals surface area contributed by atoms with Crippen molar-refractivity contribution < 1.29 is 4.74 Å². The summed E-state index contributed by atoms with van der Waals surface area (Å²) >= 11 is 5.92. The molecule has 6 heteroatoms. The number of halogens is 1. The standard InChI is InChI=1S/C24H23ClN4O/c1-28-23-15-19(29-13-2-14-29)7-12-22(23)27-24(28)26-16-17-3-8-20(9-4-17)30-21-10-5-18(25)6-11-21/h3-12,15H,2,13-14,16H2,1H3,(H,26,27). The summed E-state index contributed by atoms with van der Waals surface area (Å²) in [6, 6.07) is 21.9. The lowest BCUT2D eigenvalue weighted by Crippen LogP contribution is -2.36. The zero-order chi connectivity index (χ0) is 20.5. The molecule has 0 spiro atoms. The molecule has 1 N–H and O–H groups in total. The number of hydrogen-bond donors (Lipinski definition) is 1. The zero-order valence-electron chi connectivity index (χ0n) is 16.8. The van der Waals surface area contributed by atoms with E-state index in [1.807, 2.05) is 36.4 Å². The van der Waals surface area contributed by atoms with Crippen molar-refractivity contribution in [1.29, 1.82) is 0 Å². The number of rotatable bonds is 6. The number of aryl methyl sites for hydroxylation is 1. The maximum Gasteiger partial charge on any atom is 0.203 e. The Morgan fingerprint density at radius 3 is 2.33 bits per heavy atom. The van der Waals surface area contributed by atoms with Crippen molar-refractivity contribution in [1.82, 2.24) is 9.55 Å². The first kappa shape index (κ1) is 18.8. The molecule has 1 aromatic heterocycles. The number of imidazole rings is 1. The SMILES string of the molecule is Cn1c(NCc2ccc(Oc3ccc(Cl)cc3)cc2)nc2ccc(N3CCC3)cc21. The van der Waals surface area contributed by atoms with Gasteiger partial charge in [0.1, 0.15) is 11.5 Å². The highest BCUT2D eigenvalue weighted by Crippen LogP contribution is 2.27. The van der Waals surface area contributed by atoms with Crippen LogP contribution in [0.5, 0.6) is 11.5 Å². The summed E-state index contributed by atoms with van der Waals surface area (Å²) in [7, 11) is 2.06. The van der Waals surface area contributed by atoms with Gasteiger partial charge in [-0.2, -0.15) is 0 Å². The van der Waals surface area contributed by atoms with Gasteiger partial charge >= 0.3 is 0 Å². The highest BCUT2D eigenvalue weighted by molar-refractivity contribution is 6.30. The van der Waals surface area contributed by atoms with E-state index in [1.54, 1.807) is 0 Å². The zero-order valence-corrected chi connectivity index (χ0v) is 17.6. The van der Waals surface area contributed by atoms with Crippen LogP contribution in [0.25, 0.3) is 11.0 Å². The molecule has 5 nitrogen and oxygen atoms in total. The van der Waals surface area contributed by atoms with Gasteiger partial charge in [0.25, 0.3) is 0 Å². The average molecular weight is 419 g/mol. The molecule has 5 rings (SSSR count). The fourth-order valence-electron chi connectivity index (χ4n) is 3.60. The van der Waals surface area contributed by atoms with Gasteiger partial charge in [-0.15, -0.1) is 0 Å². The Morgan fingerprint density at radius 2 is 1.67 bits per heavy atom. The normalized spacial score (nSPS) is 13.3. The van der Waals surface area contributed by atoms with Crippen molar-refractivity contribution in [3.8, 4) is 11.5 Å². The first-order valence-electron chi connectivity index (χ1n) is 10.1. The van der Waals surface area contributed by atoms with Crippen molar-refractivity contribution in [3.63, 3.8) is 0 Å². The molecular weight excluding hydrogens is 396 g/mol. The van der Waals surface area contributed by atoms with E-state index >= 15 is 0 Å². The number of anilines is 2. The van der Waals surface area contributed by atoms with Crippen LogP contribution in [0, 0.1) is 0 Å². The van der Waals surface area contributed by atoms with Gasteiger partial charge in [-0.3, -0.25) is 0 Å². The number of benzene rings is 3. The minimum atomic E-state index is 0.692. The van der Waals surface area contributed by atoms with E-state index in [-0.39, 0.29) is 0 Å². The molecule has 152 valence electrons. The summed E-state index contributed by atoms with van der Waals surface area (Å²) in [5.41, 5.74) is 4.59. The topological polar surface area (TPSA) is 42.3 Å². The van der Waals surface area contributed by atoms with Crippen molar-refractivity contribution in [2.24, 2.45) is 7.05 Å². The van der Waals surface area contributed by atoms with E-state index in [2.05, 4.69) is 52.2 Å². The number of fused-ring (bicyclic) bond motifs is 1. The average Bonchev–Trinajstić information content (AvgIpc) is 3.03. The van der Waals surface area contributed by atoms with Gasteiger partial charge in [0.15, 0.2) is 0 Å². The molecule has 4 aromatic rings. The van der Waals surface area contributed by atoms with E-state index < -0.39 is 0 Å². The molecular formula is C24H23ClN4O. The fourth-order valence-corrected chi connectivity index (χ4v) is 3.73. The fraction of sp³-hybridized carbons (Fsp3) is 0.208. The molecule has 0 atom stereocenters. The number of nitrogens with one attached hydrogen (secondary N) is 1. The van der Waals surface area contributed by atoms with Gasteiger partial charge in [0.2, 0.25) is 5.95 Å². The van der Waals surface area contributed by atoms with Gasteiger partial charge in [-0.1, -0.05) is 23.7 Å². The molecule has 1 aliphatic heterocycles. The molecule has 0 saturated carbocycles. The quantitative estimate of drug-likeness (QED) is 0.427. The molecule has 30 heavy (non-hydrogen) atoms. The van der Waals surface area contributed by atoms with Crippen LogP contribution in [-0.4, -0.2) is 22.6 Å². The molecule has 0 bridgehead atoms. The van der Waals surface area contributed by atoms with Gasteiger partial charge in [-0.05, 0) is 66.6 Å². The third-order valence-corrected chi connectivity index (χ3v) is 5.76. The lowest BCUT2D eigenvalue weighted by molar-refractivity contribution is 0.482. The van der Waals surface area contributed by atoms with Crippen molar-refractivity contribution in [2.45, 2.75) is 13.0 Å². The predicted molar refractivity (Wildman–Crippen MR) is 123 cm³/mol. The molecule has 3 aromatic carbocycles. The van der Waals surface area contributed by atoms with E-state index in [1.165, 1.54) is 12.1 Å². The maximum absolute atomic E-state index is 5.92. The summed E-state index contributed by atoms with van der Waals surface area (Å²) in [6.07, 6.45) is 1.28. The third kappa shape index (κ3) is 3.81. The van der Waals surface area contributed by atoms with Crippen molar-refractivity contribution in [2.75, 3.05) is 23.3 Å². The van der Waals surface area contributed by atoms with E-state index in [9.17, 15) is 0 Å². The molecule has 1 fully saturated rings. The van der Waals surface area contributed by atoms with Crippen LogP contribution in [0.4, 0.5) is 11.6 Å². The monoisotopic (exact) mass is 418 g/mol. The van der Waals surface area contributed by atoms with E-state index in [0.29, 0.717) is 11.6 Å². The largest absolute Gasteiger partial charge is 0.457 e. The Labute approximate surface area is 180 Å². The Bertz CT molecular complexity index is 1160. The summed E-state index contributed by atoms with van der Waals surface area (Å²) in [5, 5.41) is 4.15. The molecule has 2 heterocycles. The lowest BCUT2D eigenvalue weighted by Gasteiger charge is -2.33. The van der Waals surface area contributed by atoms with Crippen LogP contribution >= 0.6 is 11.6 Å². The second kappa shape index (κ2) is 7.92. The van der Waals surface area contributed by atoms with Crippen molar-refractivity contribution >= 4 is 34.3 Å². The number of aromatic nitrogens is 2. The Balaban J connectivity index is 1.25. The first-order valence-corrected chi connectivity index (χ1v) is 10.5. The van der Waals surface area contributed by atoms with Crippen LogP contribution in [0.15, 0.2) is 66.7 Å². The Hall–Kier alpha value is -3.18. The van der Waals surface area contributed by atoms with Crippen molar-refractivity contribution in [3.05, 3.63) is 77.3 Å². The van der Waals surface area contributed by atoms with Crippen LogP contribution in [-0.2, 0) is 13.6 Å². The van der Waals surface area contributed by atoms with Crippen LogP contribution in [0.2, 0.25) is 5.02 Å². The van der Waals surface area contributed by atoms with E-state index in [0.717, 1.165) is 47.1 Å². The Morgan fingerprint density at radius 1 is 0.967 bits per heavy atom. The van der Waals surface area contributed by atoms with Gasteiger partial charge in [0.05, 0.1) is 11.0 Å². The maximum atomic E-state index is 5.92. The molecule has 0 unspecified atom stereocenters. The molecule has 0 aliphatic carbocycles. The van der Waals surface area contributed by atoms with E-state index in [4.69, 9.17) is 21.3 Å². The predicted octanol–water partition coefficient (Wildman–Crippen LogP) is 5.84. The molecule has 1 saturated heterocycles. The summed E-state index contributed by atoms with van der Waals surface area (Å²) in [4.78, 5) is 7.15. The van der Waals surface area contributed by atoms with Gasteiger partial charge in [0, 0.05) is 37.4 Å². The highest BCUT2D eigenvalue weighted by atomic mass is 35.5. The number of ether oxygens (including phenoxy) is 1. The van der Waals surface area contributed by atoms with Crippen LogP contribution in [0.3, 0.4) is 0 Å². The number of nitrogens with zero attached hydrogens (tertiary/aromatic N) is 3. The molecule has 0 amide bonds. The summed E-state index contributed by atoms with van der Waals surface area (Å²) < 4.78 is 7.98. The lowest BCUT2D eigenvalue weighted by atomic mass is 10.1. The van der Waals surface area contributed by atoms with Crippen LogP contribution in [0.1, 0.15) is 12.0 Å². The first-order chi connectivity index (χ1) is 14.7. The highest BCUT2D eigenvalue weighted by Gasteiger charge is 2.16. The van der Waals surface area contributed by atoms with Gasteiger partial charge < -0.3 is 19.5 Å². The third-order valence-electron chi connectivity index (χ3n) is 5.51. The van der Waals surface area contributed by atoms with Crippen LogP contribution < -0.4 is 15.0 Å². The summed E-state index contributed by atoms with van der Waals surface area (Å²) in [6.45, 7) is 2.98. The summed E-state index contributed by atoms with van der Waals surface area (Å²) in [5.74, 6) is 2.43. The van der Waals surface area contributed by atoms with Gasteiger partial charge in [-0.25, -0.2) is 4.98 Å². The minimum absolute atomic E-state index is 0.692. The molecule has 0 radical (unpaired) electrons. The minimum Gasteiger partial charge on any atom is -0.457 e.